The average molecular weight is 342 g/mol. The second-order valence-corrected chi connectivity index (χ2v) is 6.18. The molecule has 25 heavy (non-hydrogen) atoms. The van der Waals surface area contributed by atoms with Crippen molar-refractivity contribution in [2.24, 2.45) is 5.92 Å². The fourth-order valence-corrected chi connectivity index (χ4v) is 2.37. The van der Waals surface area contributed by atoms with E-state index in [0.29, 0.717) is 23.8 Å². The van der Waals surface area contributed by atoms with E-state index in [-0.39, 0.29) is 28.6 Å². The quantitative estimate of drug-likeness (QED) is 0.582. The van der Waals surface area contributed by atoms with Crippen LogP contribution in [0, 0.1) is 5.92 Å². The summed E-state index contributed by atoms with van der Waals surface area (Å²) in [6, 6.07) is 7.34. The molecule has 0 atom stereocenters. The van der Waals surface area contributed by atoms with E-state index >= 15 is 0 Å². The first kappa shape index (κ1) is 16.7. The van der Waals surface area contributed by atoms with Gasteiger partial charge in [0, 0.05) is 11.6 Å². The van der Waals surface area contributed by atoms with Crippen LogP contribution in [-0.2, 0) is 0 Å². The highest BCUT2D eigenvalue weighted by Gasteiger charge is 2.31. The standard InChI is InChI=1S/C19H18O6/c1-10(2)9-24-12-4-3-11(15(21)8-12)7-16-17(22)13-5-6-14(20)18(23)19(13)25-16/h3-8,10,20-21,23H,9H2,1-2H3/b16-7+. The molecule has 0 radical (unpaired) electrons. The van der Waals surface area contributed by atoms with Crippen LogP contribution in [0.15, 0.2) is 36.1 Å². The molecule has 0 aliphatic carbocycles. The number of fused-ring (bicyclic) bond motifs is 1. The number of carbonyl (C=O) groups is 1. The summed E-state index contributed by atoms with van der Waals surface area (Å²) < 4.78 is 10.9. The van der Waals surface area contributed by atoms with E-state index < -0.39 is 11.5 Å². The summed E-state index contributed by atoms with van der Waals surface area (Å²) in [5.41, 5.74) is 0.523. The Hall–Kier alpha value is -3.15. The second kappa shape index (κ2) is 6.39. The monoisotopic (exact) mass is 342 g/mol. The number of hydrogen-bond donors (Lipinski definition) is 3. The lowest BCUT2D eigenvalue weighted by molar-refractivity contribution is 0.101. The summed E-state index contributed by atoms with van der Waals surface area (Å²) in [6.07, 6.45) is 1.38. The normalized spacial score (nSPS) is 14.7. The summed E-state index contributed by atoms with van der Waals surface area (Å²) in [5.74, 6) is -0.625. The third-order valence-corrected chi connectivity index (χ3v) is 3.66. The lowest BCUT2D eigenvalue weighted by Crippen LogP contribution is -2.04. The van der Waals surface area contributed by atoms with Crippen molar-refractivity contribution in [3.8, 4) is 28.7 Å². The van der Waals surface area contributed by atoms with E-state index in [1.54, 1.807) is 12.1 Å². The van der Waals surface area contributed by atoms with Gasteiger partial charge in [0.15, 0.2) is 17.3 Å². The van der Waals surface area contributed by atoms with Gasteiger partial charge in [0.25, 0.3) is 0 Å². The number of Topliss-reactive ketones (excluding diaryl/α,β-unsaturated/α-hetero) is 1. The fraction of sp³-hybridized carbons (Fsp3) is 0.211. The summed E-state index contributed by atoms with van der Waals surface area (Å²) in [4.78, 5) is 12.3. The molecule has 0 saturated carbocycles. The third-order valence-electron chi connectivity index (χ3n) is 3.66. The molecule has 0 fully saturated rings. The molecule has 1 aliphatic heterocycles. The molecule has 0 spiro atoms. The zero-order valence-corrected chi connectivity index (χ0v) is 13.8. The van der Waals surface area contributed by atoms with Crippen LogP contribution in [0.1, 0.15) is 29.8 Å². The van der Waals surface area contributed by atoms with Crippen LogP contribution in [0.3, 0.4) is 0 Å². The predicted octanol–water partition coefficient (Wildman–Crippen LogP) is 3.45. The average Bonchev–Trinajstić information content (AvgIpc) is 2.88. The molecule has 1 aliphatic rings. The van der Waals surface area contributed by atoms with Crippen LogP contribution < -0.4 is 9.47 Å². The van der Waals surface area contributed by atoms with E-state index in [0.717, 1.165) is 0 Å². The van der Waals surface area contributed by atoms with Gasteiger partial charge in [-0.25, -0.2) is 0 Å². The summed E-state index contributed by atoms with van der Waals surface area (Å²) in [7, 11) is 0. The van der Waals surface area contributed by atoms with Crippen molar-refractivity contribution in [1.82, 2.24) is 0 Å². The highest BCUT2D eigenvalue weighted by atomic mass is 16.5. The third kappa shape index (κ3) is 3.24. The highest BCUT2D eigenvalue weighted by molar-refractivity contribution is 6.15. The van der Waals surface area contributed by atoms with Crippen molar-refractivity contribution >= 4 is 11.9 Å². The first-order valence-corrected chi connectivity index (χ1v) is 7.82. The molecule has 6 heteroatoms. The number of rotatable bonds is 4. The van der Waals surface area contributed by atoms with Crippen molar-refractivity contribution < 1.29 is 29.6 Å². The van der Waals surface area contributed by atoms with Crippen LogP contribution in [0.4, 0.5) is 0 Å². The molecule has 2 aromatic rings. The summed E-state index contributed by atoms with van der Waals surface area (Å²) in [5, 5.41) is 29.4. The first-order chi connectivity index (χ1) is 11.9. The zero-order chi connectivity index (χ0) is 18.1. The summed E-state index contributed by atoms with van der Waals surface area (Å²) >= 11 is 0. The van der Waals surface area contributed by atoms with Crippen LogP contribution in [0.2, 0.25) is 0 Å². The van der Waals surface area contributed by atoms with Crippen molar-refractivity contribution in [3.05, 3.63) is 47.2 Å². The van der Waals surface area contributed by atoms with E-state index in [1.807, 2.05) is 13.8 Å². The van der Waals surface area contributed by atoms with E-state index in [9.17, 15) is 20.1 Å². The van der Waals surface area contributed by atoms with Gasteiger partial charge in [0.2, 0.25) is 11.5 Å². The van der Waals surface area contributed by atoms with Gasteiger partial charge in [0.05, 0.1) is 12.2 Å². The Balaban J connectivity index is 1.87. The molecule has 0 aromatic heterocycles. The Morgan fingerprint density at radius 2 is 1.88 bits per heavy atom. The molecule has 6 nitrogen and oxygen atoms in total. The lowest BCUT2D eigenvalue weighted by atomic mass is 10.1. The SMILES string of the molecule is CC(C)COc1ccc(/C=C2/Oc3c(ccc(O)c3O)C2=O)c(O)c1. The van der Waals surface area contributed by atoms with Crippen molar-refractivity contribution in [1.29, 1.82) is 0 Å². The summed E-state index contributed by atoms with van der Waals surface area (Å²) in [6.45, 7) is 4.57. The number of phenolic OH excluding ortho intramolecular Hbond substituents is 3. The highest BCUT2D eigenvalue weighted by Crippen LogP contribution is 2.44. The van der Waals surface area contributed by atoms with Crippen molar-refractivity contribution in [3.63, 3.8) is 0 Å². The molecule has 1 heterocycles. The van der Waals surface area contributed by atoms with Crippen LogP contribution in [0.5, 0.6) is 28.7 Å². The molecule has 0 unspecified atom stereocenters. The molecule has 130 valence electrons. The zero-order valence-electron chi connectivity index (χ0n) is 13.8. The Morgan fingerprint density at radius 1 is 1.12 bits per heavy atom. The van der Waals surface area contributed by atoms with E-state index in [1.165, 1.54) is 24.3 Å². The van der Waals surface area contributed by atoms with Crippen molar-refractivity contribution in [2.75, 3.05) is 6.61 Å². The number of ether oxygens (including phenoxy) is 2. The maximum absolute atomic E-state index is 12.3. The Morgan fingerprint density at radius 3 is 2.56 bits per heavy atom. The van der Waals surface area contributed by atoms with E-state index in [4.69, 9.17) is 9.47 Å². The molecule has 3 rings (SSSR count). The lowest BCUT2D eigenvalue weighted by Gasteiger charge is -2.10. The smallest absolute Gasteiger partial charge is 0.232 e. The number of ketones is 1. The molecule has 2 aromatic carbocycles. The van der Waals surface area contributed by atoms with Gasteiger partial charge in [0.1, 0.15) is 11.5 Å². The van der Waals surface area contributed by atoms with Gasteiger partial charge in [-0.2, -0.15) is 0 Å². The largest absolute Gasteiger partial charge is 0.507 e. The minimum Gasteiger partial charge on any atom is -0.507 e. The Labute approximate surface area is 144 Å². The van der Waals surface area contributed by atoms with Gasteiger partial charge >= 0.3 is 0 Å². The van der Waals surface area contributed by atoms with Gasteiger partial charge in [-0.15, -0.1) is 0 Å². The number of benzene rings is 2. The maximum atomic E-state index is 12.3. The van der Waals surface area contributed by atoms with Gasteiger partial charge < -0.3 is 24.8 Å². The molecule has 0 saturated heterocycles. The fourth-order valence-electron chi connectivity index (χ4n) is 2.37. The van der Waals surface area contributed by atoms with Gasteiger partial charge in [-0.05, 0) is 36.3 Å². The topological polar surface area (TPSA) is 96.2 Å². The molecule has 0 bridgehead atoms. The number of allylic oxidation sites excluding steroid dienone is 1. The predicted molar refractivity (Wildman–Crippen MR) is 91.1 cm³/mol. The van der Waals surface area contributed by atoms with E-state index in [2.05, 4.69) is 0 Å². The second-order valence-electron chi connectivity index (χ2n) is 6.18. The van der Waals surface area contributed by atoms with Crippen LogP contribution >= 0.6 is 0 Å². The number of carbonyl (C=O) groups excluding carboxylic acids is 1. The van der Waals surface area contributed by atoms with Gasteiger partial charge in [-0.3, -0.25) is 4.79 Å². The minimum atomic E-state index is -0.490. The van der Waals surface area contributed by atoms with Gasteiger partial charge in [-0.1, -0.05) is 13.8 Å². The number of aromatic hydroxyl groups is 3. The Kier molecular flexibility index (Phi) is 4.27. The number of hydrogen-bond acceptors (Lipinski definition) is 6. The number of phenols is 3. The Bertz CT molecular complexity index is 866. The van der Waals surface area contributed by atoms with Crippen molar-refractivity contribution in [2.45, 2.75) is 13.8 Å². The molecule has 3 N–H and O–H groups in total. The molecule has 0 amide bonds. The maximum Gasteiger partial charge on any atom is 0.232 e. The molecular formula is C19H18O6. The molecular weight excluding hydrogens is 324 g/mol. The first-order valence-electron chi connectivity index (χ1n) is 7.82. The van der Waals surface area contributed by atoms with Crippen LogP contribution in [-0.4, -0.2) is 27.7 Å². The minimum absolute atomic E-state index is 0.0537. The van der Waals surface area contributed by atoms with Crippen LogP contribution in [0.25, 0.3) is 6.08 Å².